The van der Waals surface area contributed by atoms with E-state index in [1.807, 2.05) is 6.08 Å². The second kappa shape index (κ2) is 15.6. The van der Waals surface area contributed by atoms with Crippen LogP contribution >= 0.6 is 0 Å². The first-order chi connectivity index (χ1) is 13.3. The fraction of sp³-hybridized carbons (Fsp3) is 0.810. The van der Waals surface area contributed by atoms with Crippen LogP contribution in [0.1, 0.15) is 84.0 Å². The van der Waals surface area contributed by atoms with Crippen LogP contribution in [-0.4, -0.2) is 56.5 Å². The van der Waals surface area contributed by atoms with Crippen molar-refractivity contribution in [2.75, 3.05) is 6.61 Å². The van der Waals surface area contributed by atoms with Gasteiger partial charge in [-0.2, -0.15) is 0 Å². The highest BCUT2D eigenvalue weighted by Crippen LogP contribution is 2.15. The van der Waals surface area contributed by atoms with Crippen LogP contribution in [-0.2, 0) is 9.59 Å². The quantitative estimate of drug-likeness (QED) is 0.175. The molecule has 6 N–H and O–H groups in total. The molecule has 0 saturated carbocycles. The van der Waals surface area contributed by atoms with Crippen molar-refractivity contribution in [1.82, 2.24) is 0 Å². The average Bonchev–Trinajstić information content (AvgIpc) is 2.68. The first-order valence-corrected chi connectivity index (χ1v) is 10.5. The first-order valence-electron chi connectivity index (χ1n) is 10.5. The molecule has 164 valence electrons. The summed E-state index contributed by atoms with van der Waals surface area (Å²) < 4.78 is 0. The first kappa shape index (κ1) is 26.7. The van der Waals surface area contributed by atoms with Gasteiger partial charge in [-0.1, -0.05) is 51.2 Å². The van der Waals surface area contributed by atoms with E-state index >= 15 is 0 Å². The zero-order valence-electron chi connectivity index (χ0n) is 17.2. The number of carbonyl (C=O) groups is 2. The van der Waals surface area contributed by atoms with Crippen molar-refractivity contribution in [1.29, 1.82) is 0 Å². The Bertz CT molecular complexity index is 468. The van der Waals surface area contributed by atoms with Crippen LogP contribution in [0.3, 0.4) is 0 Å². The molecule has 0 aromatic rings. The number of unbranched alkanes of at least 4 members (excludes halogenated alkanes) is 7. The summed E-state index contributed by atoms with van der Waals surface area (Å²) in [5, 5.41) is 37.8. The van der Waals surface area contributed by atoms with Gasteiger partial charge in [0, 0.05) is 12.8 Å². The van der Waals surface area contributed by atoms with Gasteiger partial charge in [0.1, 0.15) is 11.9 Å². The number of allylic oxidation sites excluding steroid dienone is 1. The number of rotatable bonds is 18. The van der Waals surface area contributed by atoms with Crippen molar-refractivity contribution in [3.63, 3.8) is 0 Å². The Hall–Kier alpha value is -1.28. The van der Waals surface area contributed by atoms with Gasteiger partial charge in [-0.25, -0.2) is 0 Å². The molecular weight excluding hydrogens is 362 g/mol. The summed E-state index contributed by atoms with van der Waals surface area (Å²) in [6.07, 6.45) is 11.1. The third-order valence-corrected chi connectivity index (χ3v) is 4.98. The molecule has 0 radical (unpaired) electrons. The number of aliphatic carboxylic acids is 1. The molecule has 0 aliphatic rings. The highest BCUT2D eigenvalue weighted by atomic mass is 16.4. The van der Waals surface area contributed by atoms with Crippen LogP contribution < -0.4 is 5.73 Å². The number of aliphatic hydroxyl groups excluding tert-OH is 3. The van der Waals surface area contributed by atoms with E-state index in [0.29, 0.717) is 18.6 Å². The molecule has 0 aromatic carbocycles. The molecule has 0 amide bonds. The number of carboxylic acid groups (broad SMARTS) is 1. The number of hydrogen-bond acceptors (Lipinski definition) is 6. The Morgan fingerprint density at radius 2 is 1.54 bits per heavy atom. The van der Waals surface area contributed by atoms with Crippen LogP contribution in [0, 0.1) is 0 Å². The third kappa shape index (κ3) is 10.9. The van der Waals surface area contributed by atoms with Crippen LogP contribution in [0.5, 0.6) is 0 Å². The molecule has 0 aliphatic heterocycles. The van der Waals surface area contributed by atoms with Crippen molar-refractivity contribution in [2.24, 2.45) is 5.73 Å². The predicted octanol–water partition coefficient (Wildman–Crippen LogP) is 2.31. The smallest absolute Gasteiger partial charge is 0.328 e. The lowest BCUT2D eigenvalue weighted by molar-refractivity contribution is -0.155. The van der Waals surface area contributed by atoms with Crippen LogP contribution in [0.15, 0.2) is 12.2 Å². The number of nitrogens with two attached hydrogens (primary N) is 1. The molecule has 0 spiro atoms. The Morgan fingerprint density at radius 1 is 0.964 bits per heavy atom. The molecule has 7 heteroatoms. The van der Waals surface area contributed by atoms with E-state index in [0.717, 1.165) is 44.9 Å². The van der Waals surface area contributed by atoms with E-state index in [1.165, 1.54) is 12.8 Å². The van der Waals surface area contributed by atoms with E-state index in [2.05, 4.69) is 6.92 Å². The van der Waals surface area contributed by atoms with Gasteiger partial charge in [-0.3, -0.25) is 9.59 Å². The molecule has 0 fully saturated rings. The van der Waals surface area contributed by atoms with Crippen molar-refractivity contribution < 1.29 is 30.0 Å². The van der Waals surface area contributed by atoms with Crippen LogP contribution in [0.25, 0.3) is 0 Å². The fourth-order valence-electron chi connectivity index (χ4n) is 2.93. The Balaban J connectivity index is 3.80. The van der Waals surface area contributed by atoms with Crippen LogP contribution in [0.2, 0.25) is 0 Å². The van der Waals surface area contributed by atoms with Gasteiger partial charge in [0.15, 0.2) is 5.54 Å². The number of hydrogen-bond donors (Lipinski definition) is 5. The minimum absolute atomic E-state index is 0.0555. The maximum Gasteiger partial charge on any atom is 0.328 e. The SMILES string of the molecule is CCCCCCC(=O)CCCCCC/C=C/CC(O)C(O)[C@@](N)(CO)C(=O)O. The second-order valence-corrected chi connectivity index (χ2v) is 7.53. The van der Waals surface area contributed by atoms with Gasteiger partial charge in [0.05, 0.1) is 12.7 Å². The molecule has 7 nitrogen and oxygen atoms in total. The fourth-order valence-corrected chi connectivity index (χ4v) is 2.93. The molecule has 3 atom stereocenters. The van der Waals surface area contributed by atoms with E-state index in [1.54, 1.807) is 6.08 Å². The summed E-state index contributed by atoms with van der Waals surface area (Å²) in [4.78, 5) is 22.7. The zero-order chi connectivity index (χ0) is 21.4. The maximum atomic E-state index is 11.7. The van der Waals surface area contributed by atoms with E-state index in [4.69, 9.17) is 15.9 Å². The molecular formula is C21H39NO6. The summed E-state index contributed by atoms with van der Waals surface area (Å²) in [5.41, 5.74) is 3.16. The normalized spacial score (nSPS) is 16.0. The van der Waals surface area contributed by atoms with Gasteiger partial charge in [0.25, 0.3) is 0 Å². The topological polar surface area (TPSA) is 141 Å². The number of Topliss-reactive ketones (excluding diaryl/α,β-unsaturated/α-hetero) is 1. The number of carbonyl (C=O) groups excluding carboxylic acids is 1. The molecule has 0 bridgehead atoms. The summed E-state index contributed by atoms with van der Waals surface area (Å²) in [6, 6.07) is 0. The Labute approximate surface area is 168 Å². The molecule has 0 saturated heterocycles. The minimum Gasteiger partial charge on any atom is -0.480 e. The van der Waals surface area contributed by atoms with Gasteiger partial charge >= 0.3 is 5.97 Å². The standard InChI is InChI=1S/C21H39NO6/c1-2-3-4-10-13-17(24)14-11-8-6-5-7-9-12-15-18(25)19(26)21(22,16-23)20(27)28/h9,12,18-19,23,25-26H,2-8,10-11,13-16,22H2,1H3,(H,27,28)/b12-9+/t18?,19?,21-/m0/s1. The van der Waals surface area contributed by atoms with Crippen molar-refractivity contribution in [3.8, 4) is 0 Å². The highest BCUT2D eigenvalue weighted by molar-refractivity contribution is 5.79. The van der Waals surface area contributed by atoms with Gasteiger partial charge in [0.2, 0.25) is 0 Å². The Kier molecular flexibility index (Phi) is 14.9. The summed E-state index contributed by atoms with van der Waals surface area (Å²) >= 11 is 0. The molecule has 0 aromatic heterocycles. The van der Waals surface area contributed by atoms with E-state index < -0.39 is 30.3 Å². The van der Waals surface area contributed by atoms with Crippen molar-refractivity contribution in [2.45, 2.75) is 102 Å². The lowest BCUT2D eigenvalue weighted by atomic mass is 9.89. The largest absolute Gasteiger partial charge is 0.480 e. The maximum absolute atomic E-state index is 11.7. The van der Waals surface area contributed by atoms with Gasteiger partial charge in [-0.05, 0) is 32.1 Å². The number of carboxylic acids is 1. The molecule has 0 rings (SSSR count). The average molecular weight is 402 g/mol. The van der Waals surface area contributed by atoms with Crippen molar-refractivity contribution in [3.05, 3.63) is 12.2 Å². The van der Waals surface area contributed by atoms with Crippen molar-refractivity contribution >= 4 is 11.8 Å². The molecule has 28 heavy (non-hydrogen) atoms. The molecule has 0 heterocycles. The van der Waals surface area contributed by atoms with Gasteiger partial charge < -0.3 is 26.2 Å². The van der Waals surface area contributed by atoms with Gasteiger partial charge in [-0.15, -0.1) is 0 Å². The summed E-state index contributed by atoms with van der Waals surface area (Å²) in [5.74, 6) is -1.20. The second-order valence-electron chi connectivity index (χ2n) is 7.53. The predicted molar refractivity (Wildman–Crippen MR) is 109 cm³/mol. The minimum atomic E-state index is -2.28. The summed E-state index contributed by atoms with van der Waals surface area (Å²) in [6.45, 7) is 1.19. The molecule has 2 unspecified atom stereocenters. The van der Waals surface area contributed by atoms with E-state index in [-0.39, 0.29) is 6.42 Å². The lowest BCUT2D eigenvalue weighted by Crippen LogP contribution is -2.63. The summed E-state index contributed by atoms with van der Waals surface area (Å²) in [7, 11) is 0. The molecule has 0 aliphatic carbocycles. The zero-order valence-corrected chi connectivity index (χ0v) is 17.2. The number of ketones is 1. The van der Waals surface area contributed by atoms with Crippen LogP contribution in [0.4, 0.5) is 0 Å². The highest BCUT2D eigenvalue weighted by Gasteiger charge is 2.44. The monoisotopic (exact) mass is 401 g/mol. The van der Waals surface area contributed by atoms with E-state index in [9.17, 15) is 19.8 Å². The third-order valence-electron chi connectivity index (χ3n) is 4.98. The lowest BCUT2D eigenvalue weighted by Gasteiger charge is -2.30. The Morgan fingerprint density at radius 3 is 2.07 bits per heavy atom. The number of aliphatic hydroxyl groups is 3.